The van der Waals surface area contributed by atoms with Crippen LogP contribution in [-0.2, 0) is 0 Å². The average Bonchev–Trinajstić information content (AvgIpc) is 2.19. The van der Waals surface area contributed by atoms with Crippen LogP contribution in [0.2, 0.25) is 5.02 Å². The van der Waals surface area contributed by atoms with E-state index < -0.39 is 17.5 Å². The monoisotopic (exact) mass is 241 g/mol. The van der Waals surface area contributed by atoms with Gasteiger partial charge in [0, 0.05) is 22.2 Å². The van der Waals surface area contributed by atoms with Crippen molar-refractivity contribution in [1.29, 1.82) is 0 Å². The van der Waals surface area contributed by atoms with E-state index in [4.69, 9.17) is 11.6 Å². The Morgan fingerprint density at radius 2 is 1.75 bits per heavy atom. The van der Waals surface area contributed by atoms with Gasteiger partial charge in [0.2, 0.25) is 0 Å². The van der Waals surface area contributed by atoms with Crippen LogP contribution in [0.25, 0.3) is 11.1 Å². The summed E-state index contributed by atoms with van der Waals surface area (Å²) in [5, 5.41) is 0.212. The minimum absolute atomic E-state index is 0.00176. The van der Waals surface area contributed by atoms with Gasteiger partial charge in [0.05, 0.1) is 0 Å². The van der Waals surface area contributed by atoms with Crippen LogP contribution >= 0.6 is 11.6 Å². The molecule has 0 bridgehead atoms. The third kappa shape index (κ3) is 2.04. The van der Waals surface area contributed by atoms with Gasteiger partial charge in [0.25, 0.3) is 0 Å². The molecular formula is C12H5ClF3. The Bertz CT molecular complexity index is 488. The Hall–Kier alpha value is -1.48. The summed E-state index contributed by atoms with van der Waals surface area (Å²) in [5.41, 5.74) is -0.113. The van der Waals surface area contributed by atoms with Gasteiger partial charge in [0.15, 0.2) is 0 Å². The molecule has 0 aliphatic carbocycles. The largest absolute Gasteiger partial charge is 0.207 e. The summed E-state index contributed by atoms with van der Waals surface area (Å²) in [6.45, 7) is 0. The van der Waals surface area contributed by atoms with Crippen molar-refractivity contribution in [3.05, 3.63) is 58.9 Å². The quantitative estimate of drug-likeness (QED) is 0.701. The van der Waals surface area contributed by atoms with Gasteiger partial charge in [-0.3, -0.25) is 0 Å². The van der Waals surface area contributed by atoms with Crippen molar-refractivity contribution >= 4 is 11.6 Å². The molecule has 4 heteroatoms. The Kier molecular flexibility index (Phi) is 2.88. The zero-order valence-electron chi connectivity index (χ0n) is 7.90. The van der Waals surface area contributed by atoms with Gasteiger partial charge in [0.1, 0.15) is 17.5 Å². The molecule has 0 atom stereocenters. The lowest BCUT2D eigenvalue weighted by molar-refractivity contribution is 0.582. The molecule has 0 nitrogen and oxygen atoms in total. The normalized spacial score (nSPS) is 10.5. The van der Waals surface area contributed by atoms with Crippen LogP contribution in [0.15, 0.2) is 30.3 Å². The predicted molar refractivity (Wildman–Crippen MR) is 55.6 cm³/mol. The topological polar surface area (TPSA) is 0 Å². The van der Waals surface area contributed by atoms with Gasteiger partial charge < -0.3 is 0 Å². The maximum absolute atomic E-state index is 13.5. The molecule has 2 aromatic carbocycles. The molecule has 16 heavy (non-hydrogen) atoms. The van der Waals surface area contributed by atoms with E-state index in [1.165, 1.54) is 12.1 Å². The first kappa shape index (κ1) is 11.0. The Labute approximate surface area is 95.3 Å². The van der Waals surface area contributed by atoms with E-state index in [2.05, 4.69) is 6.07 Å². The van der Waals surface area contributed by atoms with Crippen molar-refractivity contribution in [3.63, 3.8) is 0 Å². The van der Waals surface area contributed by atoms with Gasteiger partial charge in [-0.25, -0.2) is 13.2 Å². The molecule has 81 valence electrons. The number of hydrogen-bond acceptors (Lipinski definition) is 0. The fourth-order valence-corrected chi connectivity index (χ4v) is 1.50. The van der Waals surface area contributed by atoms with Gasteiger partial charge in [-0.15, -0.1) is 0 Å². The zero-order chi connectivity index (χ0) is 11.7. The first-order valence-electron chi connectivity index (χ1n) is 4.40. The Balaban J connectivity index is 2.59. The summed E-state index contributed by atoms with van der Waals surface area (Å²) in [4.78, 5) is 0. The highest BCUT2D eigenvalue weighted by Crippen LogP contribution is 2.27. The summed E-state index contributed by atoms with van der Waals surface area (Å²) >= 11 is 5.57. The van der Waals surface area contributed by atoms with Crippen LogP contribution < -0.4 is 0 Å². The molecule has 0 amide bonds. The van der Waals surface area contributed by atoms with E-state index in [1.54, 1.807) is 0 Å². The fourth-order valence-electron chi connectivity index (χ4n) is 1.34. The Morgan fingerprint density at radius 3 is 2.38 bits per heavy atom. The summed E-state index contributed by atoms with van der Waals surface area (Å²) in [6.07, 6.45) is 0. The molecule has 0 heterocycles. The van der Waals surface area contributed by atoms with Crippen molar-refractivity contribution in [2.75, 3.05) is 0 Å². The second kappa shape index (κ2) is 4.18. The van der Waals surface area contributed by atoms with Gasteiger partial charge in [-0.1, -0.05) is 11.6 Å². The fraction of sp³-hybridized carbons (Fsp3) is 0. The first-order valence-corrected chi connectivity index (χ1v) is 4.78. The lowest BCUT2D eigenvalue weighted by Crippen LogP contribution is -1.90. The molecule has 1 radical (unpaired) electrons. The minimum Gasteiger partial charge on any atom is -0.207 e. The summed E-state index contributed by atoms with van der Waals surface area (Å²) in [7, 11) is 0. The smallest absolute Gasteiger partial charge is 0.134 e. The van der Waals surface area contributed by atoms with Crippen LogP contribution in [0.4, 0.5) is 13.2 Å². The molecule has 0 saturated heterocycles. The van der Waals surface area contributed by atoms with Gasteiger partial charge in [-0.05, 0) is 30.3 Å². The maximum atomic E-state index is 13.5. The lowest BCUT2D eigenvalue weighted by Gasteiger charge is -2.04. The number of halogens is 4. The molecule has 0 aromatic heterocycles. The molecule has 2 rings (SSSR count). The first-order chi connectivity index (χ1) is 7.58. The summed E-state index contributed by atoms with van der Waals surface area (Å²) in [5.74, 6) is -2.29. The molecule has 0 aliphatic rings. The zero-order valence-corrected chi connectivity index (χ0v) is 8.65. The summed E-state index contributed by atoms with van der Waals surface area (Å²) in [6, 6.07) is 7.79. The number of benzene rings is 2. The van der Waals surface area contributed by atoms with Crippen molar-refractivity contribution in [1.82, 2.24) is 0 Å². The van der Waals surface area contributed by atoms with E-state index in [9.17, 15) is 13.2 Å². The van der Waals surface area contributed by atoms with Crippen LogP contribution in [0, 0.1) is 23.5 Å². The second-order valence-electron chi connectivity index (χ2n) is 3.17. The predicted octanol–water partition coefficient (Wildman–Crippen LogP) is 4.22. The second-order valence-corrected chi connectivity index (χ2v) is 3.60. The standard InChI is InChI=1S/C12H5ClF3/c13-7-1-3-9(11(15)5-7)10-4-2-8(14)6-12(10)16/h1-3,5-6H. The molecule has 0 unspecified atom stereocenters. The maximum Gasteiger partial charge on any atom is 0.134 e. The van der Waals surface area contributed by atoms with Crippen molar-refractivity contribution in [2.24, 2.45) is 0 Å². The van der Waals surface area contributed by atoms with E-state index in [-0.39, 0.29) is 16.1 Å². The Morgan fingerprint density at radius 1 is 1.00 bits per heavy atom. The van der Waals surface area contributed by atoms with Crippen LogP contribution in [0.5, 0.6) is 0 Å². The highest BCUT2D eigenvalue weighted by molar-refractivity contribution is 6.30. The van der Waals surface area contributed by atoms with E-state index in [0.29, 0.717) is 6.07 Å². The summed E-state index contributed by atoms with van der Waals surface area (Å²) < 4.78 is 39.4. The van der Waals surface area contributed by atoms with Crippen molar-refractivity contribution in [3.8, 4) is 11.1 Å². The molecule has 0 aliphatic heterocycles. The lowest BCUT2D eigenvalue weighted by atomic mass is 10.0. The SMILES string of the molecule is Fc1c[c]c(-c2ccc(Cl)cc2F)c(F)c1. The highest BCUT2D eigenvalue weighted by Gasteiger charge is 2.11. The van der Waals surface area contributed by atoms with Gasteiger partial charge in [-0.2, -0.15) is 0 Å². The van der Waals surface area contributed by atoms with E-state index >= 15 is 0 Å². The van der Waals surface area contributed by atoms with Crippen molar-refractivity contribution in [2.45, 2.75) is 0 Å². The molecule has 0 fully saturated rings. The third-order valence-electron chi connectivity index (χ3n) is 2.06. The van der Waals surface area contributed by atoms with Crippen LogP contribution in [0.1, 0.15) is 0 Å². The van der Waals surface area contributed by atoms with Crippen LogP contribution in [0.3, 0.4) is 0 Å². The minimum atomic E-state index is -0.860. The van der Waals surface area contributed by atoms with Gasteiger partial charge >= 0.3 is 0 Å². The molecule has 0 saturated carbocycles. The molecular weight excluding hydrogens is 237 g/mol. The number of hydrogen-bond donors (Lipinski definition) is 0. The highest BCUT2D eigenvalue weighted by atomic mass is 35.5. The van der Waals surface area contributed by atoms with E-state index in [1.807, 2.05) is 0 Å². The molecule has 2 aromatic rings. The number of rotatable bonds is 1. The third-order valence-corrected chi connectivity index (χ3v) is 2.29. The van der Waals surface area contributed by atoms with E-state index in [0.717, 1.165) is 12.1 Å². The van der Waals surface area contributed by atoms with Crippen molar-refractivity contribution < 1.29 is 13.2 Å². The average molecular weight is 242 g/mol. The molecule has 0 spiro atoms. The molecule has 0 N–H and O–H groups in total. The van der Waals surface area contributed by atoms with Crippen LogP contribution in [-0.4, -0.2) is 0 Å².